The Balaban J connectivity index is 2.25. The third-order valence-electron chi connectivity index (χ3n) is 1.84. The standard InChI is InChI=1S/C9H11NO5S/c11-4-6-16-5-3-9(14)15-10-7(12)1-2-8(10)13/h4H,1-3,5-6H2. The highest BCUT2D eigenvalue weighted by atomic mass is 32.2. The number of hydrogen-bond donors (Lipinski definition) is 0. The molecule has 0 bridgehead atoms. The summed E-state index contributed by atoms with van der Waals surface area (Å²) in [5.41, 5.74) is 0. The van der Waals surface area contributed by atoms with Crippen LogP contribution in [0.2, 0.25) is 0 Å². The zero-order chi connectivity index (χ0) is 12.0. The molecule has 1 aliphatic rings. The lowest BCUT2D eigenvalue weighted by Crippen LogP contribution is -2.32. The molecular formula is C9H11NO5S. The molecule has 88 valence electrons. The van der Waals surface area contributed by atoms with Crippen LogP contribution in [0.5, 0.6) is 0 Å². The maximum atomic E-state index is 11.2. The van der Waals surface area contributed by atoms with E-state index in [1.165, 1.54) is 11.8 Å². The molecular weight excluding hydrogens is 234 g/mol. The van der Waals surface area contributed by atoms with Gasteiger partial charge in [0.15, 0.2) is 0 Å². The lowest BCUT2D eigenvalue weighted by atomic mass is 10.4. The summed E-state index contributed by atoms with van der Waals surface area (Å²) >= 11 is 1.28. The molecule has 1 rings (SSSR count). The molecule has 16 heavy (non-hydrogen) atoms. The van der Waals surface area contributed by atoms with Crippen molar-refractivity contribution in [3.63, 3.8) is 0 Å². The van der Waals surface area contributed by atoms with Gasteiger partial charge in [0.05, 0.1) is 6.42 Å². The van der Waals surface area contributed by atoms with Gasteiger partial charge < -0.3 is 9.63 Å². The van der Waals surface area contributed by atoms with Crippen LogP contribution in [-0.4, -0.2) is 40.6 Å². The molecule has 0 saturated carbocycles. The van der Waals surface area contributed by atoms with E-state index in [-0.39, 0.29) is 19.3 Å². The summed E-state index contributed by atoms with van der Waals surface area (Å²) in [4.78, 5) is 47.9. The van der Waals surface area contributed by atoms with Gasteiger partial charge in [-0.2, -0.15) is 11.8 Å². The number of hydroxylamine groups is 2. The van der Waals surface area contributed by atoms with Crippen molar-refractivity contribution >= 4 is 35.8 Å². The highest BCUT2D eigenvalue weighted by Crippen LogP contribution is 2.13. The zero-order valence-corrected chi connectivity index (χ0v) is 9.33. The molecule has 0 aromatic carbocycles. The van der Waals surface area contributed by atoms with Crippen molar-refractivity contribution in [3.05, 3.63) is 0 Å². The van der Waals surface area contributed by atoms with Crippen molar-refractivity contribution in [3.8, 4) is 0 Å². The summed E-state index contributed by atoms with van der Waals surface area (Å²) in [6, 6.07) is 0. The van der Waals surface area contributed by atoms with E-state index >= 15 is 0 Å². The Morgan fingerprint density at radius 2 is 2.00 bits per heavy atom. The Morgan fingerprint density at radius 1 is 1.38 bits per heavy atom. The third-order valence-corrected chi connectivity index (χ3v) is 2.70. The number of nitrogens with zero attached hydrogens (tertiary/aromatic N) is 1. The van der Waals surface area contributed by atoms with E-state index in [9.17, 15) is 19.2 Å². The van der Waals surface area contributed by atoms with Gasteiger partial charge in [0.25, 0.3) is 11.8 Å². The van der Waals surface area contributed by atoms with Crippen LogP contribution < -0.4 is 0 Å². The van der Waals surface area contributed by atoms with Crippen molar-refractivity contribution in [2.45, 2.75) is 19.3 Å². The number of imide groups is 1. The molecule has 0 aliphatic carbocycles. The minimum Gasteiger partial charge on any atom is -0.330 e. The summed E-state index contributed by atoms with van der Waals surface area (Å²) in [6.45, 7) is 0. The number of amides is 2. The highest BCUT2D eigenvalue weighted by molar-refractivity contribution is 7.99. The molecule has 0 aromatic rings. The predicted octanol–water partition coefficient (Wildman–Crippen LogP) is -0.0842. The van der Waals surface area contributed by atoms with Crippen molar-refractivity contribution in [1.29, 1.82) is 0 Å². The normalized spacial score (nSPS) is 15.4. The van der Waals surface area contributed by atoms with Gasteiger partial charge in [0.2, 0.25) is 0 Å². The molecule has 1 heterocycles. The maximum absolute atomic E-state index is 11.2. The molecule has 6 nitrogen and oxygen atoms in total. The van der Waals surface area contributed by atoms with Gasteiger partial charge in [-0.3, -0.25) is 9.59 Å². The van der Waals surface area contributed by atoms with Gasteiger partial charge in [0, 0.05) is 24.3 Å². The molecule has 0 unspecified atom stereocenters. The quantitative estimate of drug-likeness (QED) is 0.370. The number of thioether (sulfide) groups is 1. The Morgan fingerprint density at radius 3 is 2.56 bits per heavy atom. The lowest BCUT2D eigenvalue weighted by molar-refractivity contribution is -0.197. The van der Waals surface area contributed by atoms with E-state index in [1.54, 1.807) is 0 Å². The average molecular weight is 245 g/mol. The number of carbonyl (C=O) groups excluding carboxylic acids is 4. The number of hydrogen-bond acceptors (Lipinski definition) is 6. The fourth-order valence-corrected chi connectivity index (χ4v) is 1.67. The number of aldehydes is 1. The summed E-state index contributed by atoms with van der Waals surface area (Å²) in [6.07, 6.45) is 0.983. The fourth-order valence-electron chi connectivity index (χ4n) is 1.09. The first kappa shape index (κ1) is 12.7. The molecule has 0 radical (unpaired) electrons. The number of rotatable bonds is 6. The lowest BCUT2D eigenvalue weighted by Gasteiger charge is -2.11. The van der Waals surface area contributed by atoms with Crippen molar-refractivity contribution in [1.82, 2.24) is 5.06 Å². The van der Waals surface area contributed by atoms with Gasteiger partial charge >= 0.3 is 5.97 Å². The summed E-state index contributed by atoms with van der Waals surface area (Å²) < 4.78 is 0. The second kappa shape index (κ2) is 6.26. The Hall–Kier alpha value is -1.37. The first-order valence-corrected chi connectivity index (χ1v) is 5.88. The van der Waals surface area contributed by atoms with Gasteiger partial charge in [-0.15, -0.1) is 5.06 Å². The molecule has 0 N–H and O–H groups in total. The molecule has 1 aliphatic heterocycles. The summed E-state index contributed by atoms with van der Waals surface area (Å²) in [7, 11) is 0. The van der Waals surface area contributed by atoms with Gasteiger partial charge in [0.1, 0.15) is 6.29 Å². The molecule has 7 heteroatoms. The molecule has 0 atom stereocenters. The molecule has 2 amide bonds. The van der Waals surface area contributed by atoms with E-state index in [4.69, 9.17) is 0 Å². The van der Waals surface area contributed by atoms with Crippen LogP contribution in [0, 0.1) is 0 Å². The summed E-state index contributed by atoms with van der Waals surface area (Å²) in [5, 5.41) is 0.521. The van der Waals surface area contributed by atoms with Crippen LogP contribution in [0.1, 0.15) is 19.3 Å². The van der Waals surface area contributed by atoms with Crippen LogP contribution in [0.3, 0.4) is 0 Å². The first-order chi connectivity index (χ1) is 7.65. The minimum absolute atomic E-state index is 0.0650. The molecule has 1 fully saturated rings. The predicted molar refractivity (Wildman–Crippen MR) is 55.2 cm³/mol. The second-order valence-corrected chi connectivity index (χ2v) is 4.19. The van der Waals surface area contributed by atoms with Gasteiger partial charge in [-0.25, -0.2) is 4.79 Å². The van der Waals surface area contributed by atoms with Crippen LogP contribution in [0.15, 0.2) is 0 Å². The first-order valence-electron chi connectivity index (χ1n) is 4.73. The van der Waals surface area contributed by atoms with E-state index in [1.807, 2.05) is 0 Å². The van der Waals surface area contributed by atoms with Gasteiger partial charge in [-0.05, 0) is 0 Å². The monoisotopic (exact) mass is 245 g/mol. The fraction of sp³-hybridized carbons (Fsp3) is 0.556. The molecule has 0 spiro atoms. The largest absolute Gasteiger partial charge is 0.334 e. The third kappa shape index (κ3) is 3.65. The van der Waals surface area contributed by atoms with Crippen LogP contribution in [0.4, 0.5) is 0 Å². The smallest absolute Gasteiger partial charge is 0.330 e. The van der Waals surface area contributed by atoms with Crippen molar-refractivity contribution < 1.29 is 24.0 Å². The highest BCUT2D eigenvalue weighted by Gasteiger charge is 2.32. The van der Waals surface area contributed by atoms with E-state index < -0.39 is 17.8 Å². The van der Waals surface area contributed by atoms with E-state index in [2.05, 4.69) is 4.84 Å². The van der Waals surface area contributed by atoms with Crippen LogP contribution in [0.25, 0.3) is 0 Å². The van der Waals surface area contributed by atoms with Crippen LogP contribution in [-0.2, 0) is 24.0 Å². The maximum Gasteiger partial charge on any atom is 0.334 e. The Labute approximate surface area is 96.2 Å². The SMILES string of the molecule is O=CCSCCC(=O)ON1C(=O)CCC1=O. The Kier molecular flexibility index (Phi) is 4.97. The summed E-state index contributed by atoms with van der Waals surface area (Å²) in [5.74, 6) is -0.873. The zero-order valence-electron chi connectivity index (χ0n) is 8.51. The topological polar surface area (TPSA) is 80.8 Å². The van der Waals surface area contributed by atoms with Crippen molar-refractivity contribution in [2.24, 2.45) is 0 Å². The molecule has 1 saturated heterocycles. The second-order valence-electron chi connectivity index (χ2n) is 3.04. The average Bonchev–Trinajstić information content (AvgIpc) is 2.56. The van der Waals surface area contributed by atoms with E-state index in [0.717, 1.165) is 6.29 Å². The minimum atomic E-state index is -0.637. The molecule has 0 aromatic heterocycles. The van der Waals surface area contributed by atoms with Gasteiger partial charge in [-0.1, -0.05) is 0 Å². The number of carbonyl (C=O) groups is 4. The van der Waals surface area contributed by atoms with E-state index in [0.29, 0.717) is 16.6 Å². The van der Waals surface area contributed by atoms with Crippen LogP contribution >= 0.6 is 11.8 Å². The van der Waals surface area contributed by atoms with Crippen molar-refractivity contribution in [2.75, 3.05) is 11.5 Å². The Bertz CT molecular complexity index is 301.